The second kappa shape index (κ2) is 7.36. The molecule has 7 nitrogen and oxygen atoms in total. The highest BCUT2D eigenvalue weighted by Crippen LogP contribution is 2.29. The van der Waals surface area contributed by atoms with Crippen molar-refractivity contribution in [2.45, 2.75) is 13.0 Å². The number of nitrogens with one attached hydrogen (secondary N) is 1. The molecule has 0 saturated heterocycles. The summed E-state index contributed by atoms with van der Waals surface area (Å²) in [6.45, 7) is 1.51. The van der Waals surface area contributed by atoms with E-state index in [-0.39, 0.29) is 5.69 Å². The van der Waals surface area contributed by atoms with Crippen LogP contribution in [0.5, 0.6) is 0 Å². The summed E-state index contributed by atoms with van der Waals surface area (Å²) in [5.74, 6) is 0.625. The summed E-state index contributed by atoms with van der Waals surface area (Å²) >= 11 is 0. The Labute approximate surface area is 139 Å². The molecule has 0 atom stereocenters. The Kier molecular flexibility index (Phi) is 4.81. The van der Waals surface area contributed by atoms with Crippen LogP contribution in [-0.2, 0) is 6.54 Å². The smallest absolute Gasteiger partial charge is 0.295 e. The molecule has 2 aromatic heterocycles. The van der Waals surface area contributed by atoms with Gasteiger partial charge in [0, 0.05) is 37.1 Å². The van der Waals surface area contributed by atoms with Crippen molar-refractivity contribution in [3.63, 3.8) is 0 Å². The summed E-state index contributed by atoms with van der Waals surface area (Å²) in [4.78, 5) is 15.3. The van der Waals surface area contributed by atoms with Gasteiger partial charge in [-0.05, 0) is 18.6 Å². The fraction of sp³-hybridized carbons (Fsp3) is 0.176. The monoisotopic (exact) mass is 323 g/mol. The van der Waals surface area contributed by atoms with Gasteiger partial charge in [0.05, 0.1) is 4.92 Å². The van der Waals surface area contributed by atoms with E-state index in [4.69, 9.17) is 0 Å². The molecule has 2 heterocycles. The average Bonchev–Trinajstić information content (AvgIpc) is 3.12. The first-order chi connectivity index (χ1) is 11.7. The summed E-state index contributed by atoms with van der Waals surface area (Å²) < 4.78 is 1.86. The van der Waals surface area contributed by atoms with Crippen LogP contribution in [0.4, 0.5) is 11.5 Å². The van der Waals surface area contributed by atoms with Crippen molar-refractivity contribution >= 4 is 11.5 Å². The predicted molar refractivity (Wildman–Crippen MR) is 91.7 cm³/mol. The SMILES string of the molecule is O=[N+]([O-])c1ccc(NCCCn2cccn2)nc1-c1ccccc1. The molecule has 0 unspecified atom stereocenters. The Bertz CT molecular complexity index is 803. The van der Waals surface area contributed by atoms with E-state index in [9.17, 15) is 10.1 Å². The fourth-order valence-electron chi connectivity index (χ4n) is 2.40. The highest BCUT2D eigenvalue weighted by Gasteiger charge is 2.17. The molecular formula is C17H17N5O2. The Morgan fingerprint density at radius 3 is 2.67 bits per heavy atom. The maximum Gasteiger partial charge on any atom is 0.295 e. The van der Waals surface area contributed by atoms with E-state index in [0.29, 0.717) is 18.1 Å². The number of pyridine rings is 1. The molecule has 3 aromatic rings. The maximum atomic E-state index is 11.2. The Balaban J connectivity index is 1.71. The lowest BCUT2D eigenvalue weighted by Gasteiger charge is -2.08. The van der Waals surface area contributed by atoms with Gasteiger partial charge in [0.25, 0.3) is 5.69 Å². The standard InChI is InChI=1S/C17H17N5O2/c23-22(24)15-8-9-16(18-10-4-12-21-13-5-11-19-21)20-17(15)14-6-2-1-3-7-14/h1-3,5-9,11,13H,4,10,12H2,(H,18,20). The molecule has 0 aliphatic carbocycles. The molecule has 1 aromatic carbocycles. The zero-order chi connectivity index (χ0) is 16.8. The lowest BCUT2D eigenvalue weighted by molar-refractivity contribution is -0.384. The van der Waals surface area contributed by atoms with Crippen LogP contribution < -0.4 is 5.32 Å². The van der Waals surface area contributed by atoms with Crippen molar-refractivity contribution in [2.24, 2.45) is 0 Å². The van der Waals surface area contributed by atoms with E-state index in [2.05, 4.69) is 15.4 Å². The minimum atomic E-state index is -0.406. The maximum absolute atomic E-state index is 11.2. The first-order valence-corrected chi connectivity index (χ1v) is 7.66. The molecule has 24 heavy (non-hydrogen) atoms. The third-order valence-corrected chi connectivity index (χ3v) is 3.55. The van der Waals surface area contributed by atoms with Gasteiger partial charge in [0.2, 0.25) is 0 Å². The number of hydrogen-bond donors (Lipinski definition) is 1. The quantitative estimate of drug-likeness (QED) is 0.409. The van der Waals surface area contributed by atoms with Crippen molar-refractivity contribution in [3.8, 4) is 11.3 Å². The van der Waals surface area contributed by atoms with Crippen LogP contribution in [0.1, 0.15) is 6.42 Å². The predicted octanol–water partition coefficient (Wildman–Crippen LogP) is 3.36. The molecule has 7 heteroatoms. The van der Waals surface area contributed by atoms with Crippen LogP contribution in [0.15, 0.2) is 60.9 Å². The number of hydrogen-bond acceptors (Lipinski definition) is 5. The van der Waals surface area contributed by atoms with Crippen LogP contribution in [-0.4, -0.2) is 26.2 Å². The van der Waals surface area contributed by atoms with E-state index in [1.165, 1.54) is 6.07 Å². The third-order valence-electron chi connectivity index (χ3n) is 3.55. The van der Waals surface area contributed by atoms with E-state index < -0.39 is 4.92 Å². The second-order valence-corrected chi connectivity index (χ2v) is 5.24. The number of aromatic nitrogens is 3. The lowest BCUT2D eigenvalue weighted by Crippen LogP contribution is -2.08. The van der Waals surface area contributed by atoms with Gasteiger partial charge in [0.15, 0.2) is 5.69 Å². The number of nitrogens with zero attached hydrogens (tertiary/aromatic N) is 4. The third kappa shape index (κ3) is 3.75. The van der Waals surface area contributed by atoms with Gasteiger partial charge in [-0.25, -0.2) is 4.98 Å². The summed E-state index contributed by atoms with van der Waals surface area (Å²) in [7, 11) is 0. The molecule has 1 N–H and O–H groups in total. The highest BCUT2D eigenvalue weighted by molar-refractivity contribution is 5.71. The molecule has 3 rings (SSSR count). The number of aryl methyl sites for hydroxylation is 1. The minimum absolute atomic E-state index is 0.00305. The molecule has 122 valence electrons. The van der Waals surface area contributed by atoms with Crippen molar-refractivity contribution < 1.29 is 4.92 Å². The summed E-state index contributed by atoms with van der Waals surface area (Å²) in [5.41, 5.74) is 1.10. The van der Waals surface area contributed by atoms with Crippen LogP contribution in [0.2, 0.25) is 0 Å². The summed E-state index contributed by atoms with van der Waals surface area (Å²) in [6, 6.07) is 14.2. The van der Waals surface area contributed by atoms with Gasteiger partial charge in [-0.2, -0.15) is 5.10 Å². The summed E-state index contributed by atoms with van der Waals surface area (Å²) in [5, 5.41) is 18.6. The first-order valence-electron chi connectivity index (χ1n) is 7.66. The number of rotatable bonds is 7. The first kappa shape index (κ1) is 15.7. The number of anilines is 1. The van der Waals surface area contributed by atoms with Crippen molar-refractivity contribution in [1.29, 1.82) is 0 Å². The van der Waals surface area contributed by atoms with Gasteiger partial charge < -0.3 is 5.32 Å². The minimum Gasteiger partial charge on any atom is -0.370 e. The van der Waals surface area contributed by atoms with E-state index in [0.717, 1.165) is 18.5 Å². The molecule has 0 aliphatic rings. The van der Waals surface area contributed by atoms with Crippen molar-refractivity contribution in [2.75, 3.05) is 11.9 Å². The van der Waals surface area contributed by atoms with E-state index >= 15 is 0 Å². The van der Waals surface area contributed by atoms with E-state index in [1.807, 2.05) is 47.3 Å². The van der Waals surface area contributed by atoms with Gasteiger partial charge in [-0.1, -0.05) is 30.3 Å². The molecule has 0 radical (unpaired) electrons. The Hall–Kier alpha value is -3.22. The molecule has 0 saturated carbocycles. The second-order valence-electron chi connectivity index (χ2n) is 5.24. The lowest BCUT2D eigenvalue weighted by atomic mass is 10.1. The van der Waals surface area contributed by atoms with Gasteiger partial charge in [0.1, 0.15) is 5.82 Å². The van der Waals surface area contributed by atoms with Gasteiger partial charge >= 0.3 is 0 Å². The molecule has 0 bridgehead atoms. The molecular weight excluding hydrogens is 306 g/mol. The number of nitro groups is 1. The zero-order valence-corrected chi connectivity index (χ0v) is 13.0. The Morgan fingerprint density at radius 1 is 1.12 bits per heavy atom. The van der Waals surface area contributed by atoms with Gasteiger partial charge in [-0.3, -0.25) is 14.8 Å². The number of benzene rings is 1. The average molecular weight is 323 g/mol. The topological polar surface area (TPSA) is 85.9 Å². The van der Waals surface area contributed by atoms with E-state index in [1.54, 1.807) is 12.3 Å². The molecule has 0 spiro atoms. The van der Waals surface area contributed by atoms with Crippen LogP contribution in [0.25, 0.3) is 11.3 Å². The molecule has 0 amide bonds. The van der Waals surface area contributed by atoms with Crippen LogP contribution in [0, 0.1) is 10.1 Å². The largest absolute Gasteiger partial charge is 0.370 e. The van der Waals surface area contributed by atoms with Gasteiger partial charge in [-0.15, -0.1) is 0 Å². The normalized spacial score (nSPS) is 10.5. The summed E-state index contributed by atoms with van der Waals surface area (Å²) in [6.07, 6.45) is 4.54. The van der Waals surface area contributed by atoms with Crippen molar-refractivity contribution in [3.05, 3.63) is 71.0 Å². The van der Waals surface area contributed by atoms with Crippen LogP contribution in [0.3, 0.4) is 0 Å². The fourth-order valence-corrected chi connectivity index (χ4v) is 2.40. The highest BCUT2D eigenvalue weighted by atomic mass is 16.6. The molecule has 0 fully saturated rings. The Morgan fingerprint density at radius 2 is 1.96 bits per heavy atom. The molecule has 0 aliphatic heterocycles. The van der Waals surface area contributed by atoms with Crippen molar-refractivity contribution in [1.82, 2.24) is 14.8 Å². The van der Waals surface area contributed by atoms with Crippen LogP contribution >= 0.6 is 0 Å². The zero-order valence-electron chi connectivity index (χ0n) is 13.0.